The second kappa shape index (κ2) is 4.97. The van der Waals surface area contributed by atoms with Gasteiger partial charge in [-0.25, -0.2) is 19.9 Å². The molecule has 7 nitrogen and oxygen atoms in total. The van der Waals surface area contributed by atoms with Crippen molar-refractivity contribution in [3.63, 3.8) is 0 Å². The number of fused-ring (bicyclic) bond motifs is 1. The van der Waals surface area contributed by atoms with Crippen LogP contribution in [0, 0.1) is 0 Å². The second-order valence-corrected chi connectivity index (χ2v) is 4.06. The summed E-state index contributed by atoms with van der Waals surface area (Å²) in [5.41, 5.74) is 3.70. The molecule has 0 aliphatic rings. The van der Waals surface area contributed by atoms with Gasteiger partial charge in [0.05, 0.1) is 18.1 Å². The minimum Gasteiger partial charge on any atom is -0.452 e. The molecule has 1 N–H and O–H groups in total. The fourth-order valence-electron chi connectivity index (χ4n) is 1.62. The SMILES string of the molecule is COC(=O)Nn1c(C(=O)N(C)C)nc2ccccc21. The molecule has 1 heterocycles. The number of carbonyl (C=O) groups excluding carboxylic acids is 2. The Labute approximate surface area is 109 Å². The number of benzene rings is 1. The highest BCUT2D eigenvalue weighted by molar-refractivity contribution is 5.96. The highest BCUT2D eigenvalue weighted by Gasteiger charge is 2.20. The van der Waals surface area contributed by atoms with Crippen LogP contribution in [0.15, 0.2) is 24.3 Å². The van der Waals surface area contributed by atoms with Crippen molar-refractivity contribution in [1.29, 1.82) is 0 Å². The van der Waals surface area contributed by atoms with Crippen LogP contribution in [-0.4, -0.2) is 47.8 Å². The number of rotatable bonds is 2. The van der Waals surface area contributed by atoms with E-state index in [0.717, 1.165) is 0 Å². The average molecular weight is 262 g/mol. The Morgan fingerprint density at radius 1 is 1.32 bits per heavy atom. The first-order valence-corrected chi connectivity index (χ1v) is 5.58. The summed E-state index contributed by atoms with van der Waals surface area (Å²) in [4.78, 5) is 29.0. The highest BCUT2D eigenvalue weighted by atomic mass is 16.5. The molecule has 0 radical (unpaired) electrons. The predicted octanol–water partition coefficient (Wildman–Crippen LogP) is 1.05. The van der Waals surface area contributed by atoms with Gasteiger partial charge in [0.15, 0.2) is 0 Å². The molecule has 7 heteroatoms. The fraction of sp³-hybridized carbons (Fsp3) is 0.250. The van der Waals surface area contributed by atoms with E-state index in [4.69, 9.17) is 0 Å². The Hall–Kier alpha value is -2.57. The summed E-state index contributed by atoms with van der Waals surface area (Å²) < 4.78 is 5.87. The summed E-state index contributed by atoms with van der Waals surface area (Å²) in [5, 5.41) is 0. The van der Waals surface area contributed by atoms with Crippen LogP contribution in [0.4, 0.5) is 4.79 Å². The smallest absolute Gasteiger partial charge is 0.426 e. The predicted molar refractivity (Wildman–Crippen MR) is 69.5 cm³/mol. The van der Waals surface area contributed by atoms with Crippen molar-refractivity contribution in [2.45, 2.75) is 0 Å². The van der Waals surface area contributed by atoms with Crippen LogP contribution in [-0.2, 0) is 4.74 Å². The molecular weight excluding hydrogens is 248 g/mol. The normalized spacial score (nSPS) is 10.3. The van der Waals surface area contributed by atoms with Crippen molar-refractivity contribution < 1.29 is 14.3 Å². The lowest BCUT2D eigenvalue weighted by molar-refractivity contribution is 0.0813. The van der Waals surface area contributed by atoms with Gasteiger partial charge in [0, 0.05) is 14.1 Å². The average Bonchev–Trinajstić information content (AvgIpc) is 2.76. The van der Waals surface area contributed by atoms with Gasteiger partial charge in [-0.1, -0.05) is 12.1 Å². The van der Waals surface area contributed by atoms with E-state index < -0.39 is 6.09 Å². The molecule has 100 valence electrons. The Morgan fingerprint density at radius 2 is 2.00 bits per heavy atom. The standard InChI is InChI=1S/C12H14N4O3/c1-15(2)11(17)10-13-8-6-4-5-7-9(8)16(10)14-12(18)19-3/h4-7H,1-3H3,(H,14,18). The zero-order valence-corrected chi connectivity index (χ0v) is 10.9. The molecular formula is C12H14N4O3. The van der Waals surface area contributed by atoms with Crippen molar-refractivity contribution in [3.8, 4) is 0 Å². The molecule has 0 aliphatic heterocycles. The van der Waals surface area contributed by atoms with E-state index >= 15 is 0 Å². The molecule has 0 fully saturated rings. The van der Waals surface area contributed by atoms with E-state index in [0.29, 0.717) is 11.0 Å². The summed E-state index contributed by atoms with van der Waals surface area (Å²) in [6, 6.07) is 7.12. The number of hydrogen-bond donors (Lipinski definition) is 1. The summed E-state index contributed by atoms with van der Waals surface area (Å²) in [7, 11) is 4.48. The van der Waals surface area contributed by atoms with Crippen LogP contribution in [0.2, 0.25) is 0 Å². The van der Waals surface area contributed by atoms with Crippen LogP contribution in [0.25, 0.3) is 11.0 Å². The first-order valence-electron chi connectivity index (χ1n) is 5.58. The summed E-state index contributed by atoms with van der Waals surface area (Å²) in [6.45, 7) is 0. The maximum Gasteiger partial charge on any atom is 0.426 e. The van der Waals surface area contributed by atoms with Crippen LogP contribution >= 0.6 is 0 Å². The Kier molecular flexibility index (Phi) is 3.37. The van der Waals surface area contributed by atoms with Crippen molar-refractivity contribution in [1.82, 2.24) is 14.6 Å². The molecule has 1 aromatic carbocycles. The number of aromatic nitrogens is 2. The lowest BCUT2D eigenvalue weighted by Crippen LogP contribution is -2.31. The zero-order valence-electron chi connectivity index (χ0n) is 10.9. The molecule has 0 saturated heterocycles. The van der Waals surface area contributed by atoms with Crippen LogP contribution in [0.3, 0.4) is 0 Å². The molecule has 0 spiro atoms. The van der Waals surface area contributed by atoms with Gasteiger partial charge in [0.1, 0.15) is 0 Å². The summed E-state index contributed by atoms with van der Waals surface area (Å²) in [5.74, 6) is -0.191. The number of para-hydroxylation sites is 2. The zero-order chi connectivity index (χ0) is 14.0. The number of hydrogen-bond acceptors (Lipinski definition) is 4. The third-order valence-corrected chi connectivity index (χ3v) is 2.55. The van der Waals surface area contributed by atoms with Crippen LogP contribution in [0.5, 0.6) is 0 Å². The molecule has 2 rings (SSSR count). The number of amides is 2. The fourth-order valence-corrected chi connectivity index (χ4v) is 1.62. The van der Waals surface area contributed by atoms with Gasteiger partial charge in [0.25, 0.3) is 5.91 Å². The van der Waals surface area contributed by atoms with E-state index in [1.807, 2.05) is 6.07 Å². The lowest BCUT2D eigenvalue weighted by Gasteiger charge is -2.12. The van der Waals surface area contributed by atoms with Gasteiger partial charge >= 0.3 is 6.09 Å². The van der Waals surface area contributed by atoms with Crippen molar-refractivity contribution in [2.75, 3.05) is 26.6 Å². The van der Waals surface area contributed by atoms with Gasteiger partial charge in [-0.15, -0.1) is 0 Å². The van der Waals surface area contributed by atoms with E-state index in [9.17, 15) is 9.59 Å². The minimum absolute atomic E-state index is 0.122. The number of ether oxygens (including phenoxy) is 1. The minimum atomic E-state index is -0.670. The van der Waals surface area contributed by atoms with Gasteiger partial charge in [-0.3, -0.25) is 4.79 Å². The number of nitrogens with one attached hydrogen (secondary N) is 1. The van der Waals surface area contributed by atoms with Gasteiger partial charge in [-0.2, -0.15) is 0 Å². The number of imidazole rings is 1. The lowest BCUT2D eigenvalue weighted by atomic mass is 10.3. The maximum atomic E-state index is 12.1. The van der Waals surface area contributed by atoms with Gasteiger partial charge in [-0.05, 0) is 12.1 Å². The number of nitrogens with zero attached hydrogens (tertiary/aromatic N) is 3. The number of methoxy groups -OCH3 is 1. The molecule has 2 aromatic rings. The Morgan fingerprint density at radius 3 is 2.63 bits per heavy atom. The summed E-state index contributed by atoms with van der Waals surface area (Å²) in [6.07, 6.45) is -0.670. The Bertz CT molecular complexity index is 633. The quantitative estimate of drug-likeness (QED) is 0.877. The van der Waals surface area contributed by atoms with E-state index in [1.54, 1.807) is 32.3 Å². The van der Waals surface area contributed by atoms with E-state index in [1.165, 1.54) is 16.7 Å². The number of carbonyl (C=O) groups is 2. The molecule has 0 atom stereocenters. The highest BCUT2D eigenvalue weighted by Crippen LogP contribution is 2.15. The molecule has 0 bridgehead atoms. The van der Waals surface area contributed by atoms with Crippen LogP contribution in [0.1, 0.15) is 10.6 Å². The van der Waals surface area contributed by atoms with Crippen molar-refractivity contribution >= 4 is 23.0 Å². The van der Waals surface area contributed by atoms with Crippen molar-refractivity contribution in [2.24, 2.45) is 0 Å². The van der Waals surface area contributed by atoms with E-state index in [-0.39, 0.29) is 11.7 Å². The summed E-state index contributed by atoms with van der Waals surface area (Å²) >= 11 is 0. The molecule has 0 aliphatic carbocycles. The van der Waals surface area contributed by atoms with E-state index in [2.05, 4.69) is 15.1 Å². The molecule has 2 amide bonds. The van der Waals surface area contributed by atoms with Gasteiger partial charge in [0.2, 0.25) is 5.82 Å². The maximum absolute atomic E-state index is 12.1. The van der Waals surface area contributed by atoms with Crippen LogP contribution < -0.4 is 5.43 Å². The third-order valence-electron chi connectivity index (χ3n) is 2.55. The van der Waals surface area contributed by atoms with Crippen molar-refractivity contribution in [3.05, 3.63) is 30.1 Å². The first kappa shape index (κ1) is 12.9. The topological polar surface area (TPSA) is 76.5 Å². The molecule has 1 aromatic heterocycles. The second-order valence-electron chi connectivity index (χ2n) is 4.06. The Balaban J connectivity index is 2.58. The largest absolute Gasteiger partial charge is 0.452 e. The first-order chi connectivity index (χ1) is 9.04. The molecule has 0 unspecified atom stereocenters. The monoisotopic (exact) mass is 262 g/mol. The molecule has 0 saturated carbocycles. The molecule has 19 heavy (non-hydrogen) atoms. The van der Waals surface area contributed by atoms with Gasteiger partial charge < -0.3 is 9.64 Å². The third kappa shape index (κ3) is 2.35.